The summed E-state index contributed by atoms with van der Waals surface area (Å²) in [5.41, 5.74) is 4.68. The van der Waals surface area contributed by atoms with E-state index in [4.69, 9.17) is 4.98 Å². The molecule has 46 heavy (non-hydrogen) atoms. The van der Waals surface area contributed by atoms with E-state index >= 15 is 4.39 Å². The predicted octanol–water partition coefficient (Wildman–Crippen LogP) is 6.22. The summed E-state index contributed by atoms with van der Waals surface area (Å²) in [7, 11) is -3.23. The molecule has 13 heteroatoms. The van der Waals surface area contributed by atoms with Gasteiger partial charge < -0.3 is 10.3 Å². The number of carbonyl (C=O) groups is 1. The summed E-state index contributed by atoms with van der Waals surface area (Å²) in [4.78, 5) is 29.4. The van der Waals surface area contributed by atoms with Crippen molar-refractivity contribution in [2.75, 3.05) is 17.3 Å². The maximum atomic E-state index is 15.4. The molecule has 2 aromatic carbocycles. The van der Waals surface area contributed by atoms with Crippen molar-refractivity contribution in [3.63, 3.8) is 0 Å². The highest BCUT2D eigenvalue weighted by molar-refractivity contribution is 7.90. The molecule has 4 aromatic heterocycles. The Morgan fingerprint density at radius 3 is 2.63 bits per heavy atom. The molecule has 0 atom stereocenters. The topological polar surface area (TPSA) is 146 Å². The van der Waals surface area contributed by atoms with E-state index in [-0.39, 0.29) is 29.5 Å². The highest BCUT2D eigenvalue weighted by Crippen LogP contribution is 2.35. The van der Waals surface area contributed by atoms with E-state index < -0.39 is 21.5 Å². The number of amides is 1. The molecule has 1 amide bonds. The van der Waals surface area contributed by atoms with Gasteiger partial charge in [0.15, 0.2) is 11.6 Å². The van der Waals surface area contributed by atoms with E-state index in [0.29, 0.717) is 61.6 Å². The molecule has 1 fully saturated rings. The number of aryl methyl sites for hydroxylation is 1. The van der Waals surface area contributed by atoms with Crippen molar-refractivity contribution in [2.24, 2.45) is 5.92 Å². The van der Waals surface area contributed by atoms with Gasteiger partial charge >= 0.3 is 0 Å². The van der Waals surface area contributed by atoms with Gasteiger partial charge in [-0.05, 0) is 72.9 Å². The molecular weight excluding hydrogens is 612 g/mol. The summed E-state index contributed by atoms with van der Waals surface area (Å²) in [6, 6.07) is 11.0. The maximum Gasteiger partial charge on any atom is 0.227 e. The molecule has 0 unspecified atom stereocenters. The van der Waals surface area contributed by atoms with Gasteiger partial charge in [0.2, 0.25) is 5.91 Å². The van der Waals surface area contributed by atoms with Gasteiger partial charge in [-0.25, -0.2) is 22.2 Å². The number of hydrogen-bond acceptors (Lipinski definition) is 7. The molecule has 6 aromatic rings. The van der Waals surface area contributed by atoms with Crippen molar-refractivity contribution in [3.05, 3.63) is 78.3 Å². The summed E-state index contributed by atoms with van der Waals surface area (Å²) >= 11 is 0. The minimum atomic E-state index is -3.23. The predicted molar refractivity (Wildman–Crippen MR) is 172 cm³/mol. The molecule has 1 aliphatic carbocycles. The SMILES string of the molecule is CS(=O)(=O)CCc1cc(F)cc(-c2nccc3[nH]c(-c4[nH]nc5c(F)cc(-c6cncc(NC(=O)C7CCCC7)c6)cc45)nc23)c1. The number of H-pyrrole nitrogens is 2. The number of aromatic amines is 2. The first-order valence-electron chi connectivity index (χ1n) is 14.9. The lowest BCUT2D eigenvalue weighted by molar-refractivity contribution is -0.119. The molecule has 7 rings (SSSR count). The second-order valence-electron chi connectivity index (χ2n) is 11.8. The Kier molecular flexibility index (Phi) is 7.55. The van der Waals surface area contributed by atoms with Gasteiger partial charge in [-0.3, -0.25) is 19.9 Å². The highest BCUT2D eigenvalue weighted by atomic mass is 32.2. The molecule has 234 valence electrons. The van der Waals surface area contributed by atoms with Crippen LogP contribution in [0.4, 0.5) is 14.5 Å². The lowest BCUT2D eigenvalue weighted by Gasteiger charge is -2.11. The molecule has 1 saturated carbocycles. The van der Waals surface area contributed by atoms with E-state index in [1.807, 2.05) is 0 Å². The molecule has 0 saturated heterocycles. The second-order valence-corrected chi connectivity index (χ2v) is 14.0. The van der Waals surface area contributed by atoms with E-state index in [9.17, 15) is 17.6 Å². The number of pyridine rings is 2. The van der Waals surface area contributed by atoms with Gasteiger partial charge in [-0.15, -0.1) is 0 Å². The Labute approximate surface area is 262 Å². The zero-order valence-electron chi connectivity index (χ0n) is 24.8. The number of anilines is 1. The molecule has 4 heterocycles. The number of fused-ring (bicyclic) bond motifs is 2. The van der Waals surface area contributed by atoms with Crippen LogP contribution in [0.2, 0.25) is 0 Å². The van der Waals surface area contributed by atoms with Gasteiger partial charge in [0, 0.05) is 41.1 Å². The largest absolute Gasteiger partial charge is 0.337 e. The van der Waals surface area contributed by atoms with Gasteiger partial charge in [0.05, 0.1) is 28.8 Å². The number of rotatable bonds is 8. The lowest BCUT2D eigenvalue weighted by atomic mass is 10.0. The lowest BCUT2D eigenvalue weighted by Crippen LogP contribution is -2.20. The van der Waals surface area contributed by atoms with Crippen molar-refractivity contribution in [1.29, 1.82) is 0 Å². The van der Waals surface area contributed by atoms with Crippen LogP contribution in [0, 0.1) is 17.6 Å². The van der Waals surface area contributed by atoms with E-state index in [0.717, 1.165) is 31.9 Å². The van der Waals surface area contributed by atoms with Crippen LogP contribution in [0.5, 0.6) is 0 Å². The van der Waals surface area contributed by atoms with Crippen LogP contribution >= 0.6 is 0 Å². The number of carbonyl (C=O) groups excluding carboxylic acids is 1. The third kappa shape index (κ3) is 5.97. The quantitative estimate of drug-likeness (QED) is 0.179. The van der Waals surface area contributed by atoms with Gasteiger partial charge in [-0.2, -0.15) is 5.10 Å². The first-order chi connectivity index (χ1) is 22.1. The smallest absolute Gasteiger partial charge is 0.227 e. The highest BCUT2D eigenvalue weighted by Gasteiger charge is 2.23. The Hall–Kier alpha value is -5.04. The molecular formula is C33H29F2N7O3S. The fourth-order valence-electron chi connectivity index (χ4n) is 6.02. The molecule has 0 spiro atoms. The van der Waals surface area contributed by atoms with Crippen molar-refractivity contribution in [1.82, 2.24) is 30.1 Å². The van der Waals surface area contributed by atoms with Crippen LogP contribution in [0.25, 0.3) is 55.8 Å². The zero-order chi connectivity index (χ0) is 32.0. The third-order valence-corrected chi connectivity index (χ3v) is 9.25. The van der Waals surface area contributed by atoms with Crippen LogP contribution in [0.15, 0.2) is 61.1 Å². The average molecular weight is 642 g/mol. The fourth-order valence-corrected chi connectivity index (χ4v) is 6.63. The molecule has 0 bridgehead atoms. The number of hydrogen-bond donors (Lipinski definition) is 3. The summed E-state index contributed by atoms with van der Waals surface area (Å²) in [6.45, 7) is 0. The molecule has 3 N–H and O–H groups in total. The molecule has 10 nitrogen and oxygen atoms in total. The number of halogens is 2. The number of nitrogens with zero attached hydrogens (tertiary/aromatic N) is 4. The number of aromatic nitrogens is 6. The van der Waals surface area contributed by atoms with Crippen molar-refractivity contribution >= 4 is 43.4 Å². The van der Waals surface area contributed by atoms with Gasteiger partial charge in [0.25, 0.3) is 0 Å². The van der Waals surface area contributed by atoms with E-state index in [1.54, 1.807) is 42.9 Å². The van der Waals surface area contributed by atoms with Crippen LogP contribution in [0.1, 0.15) is 31.2 Å². The average Bonchev–Trinajstić information content (AvgIpc) is 3.79. The third-order valence-electron chi connectivity index (χ3n) is 8.31. The summed E-state index contributed by atoms with van der Waals surface area (Å²) in [5.74, 6) is -0.843. The maximum absolute atomic E-state index is 15.4. The van der Waals surface area contributed by atoms with Gasteiger partial charge in [0.1, 0.15) is 32.4 Å². The summed E-state index contributed by atoms with van der Waals surface area (Å²) < 4.78 is 53.4. The summed E-state index contributed by atoms with van der Waals surface area (Å²) in [5, 5.41) is 10.5. The van der Waals surface area contributed by atoms with Crippen LogP contribution < -0.4 is 5.32 Å². The normalized spacial score (nSPS) is 14.0. The van der Waals surface area contributed by atoms with E-state index in [2.05, 4.69) is 30.5 Å². The molecule has 0 radical (unpaired) electrons. The van der Waals surface area contributed by atoms with Crippen LogP contribution in [-0.2, 0) is 21.1 Å². The second kappa shape index (κ2) is 11.7. The van der Waals surface area contributed by atoms with Gasteiger partial charge in [-0.1, -0.05) is 12.8 Å². The Morgan fingerprint density at radius 1 is 1.00 bits per heavy atom. The van der Waals surface area contributed by atoms with Crippen molar-refractivity contribution < 1.29 is 22.0 Å². The first-order valence-corrected chi connectivity index (χ1v) is 16.9. The Balaban J connectivity index is 1.24. The van der Waals surface area contributed by atoms with Crippen LogP contribution in [-0.4, -0.2) is 56.5 Å². The van der Waals surface area contributed by atoms with E-state index in [1.165, 1.54) is 18.2 Å². The fraction of sp³-hybridized carbons (Fsp3) is 0.242. The summed E-state index contributed by atoms with van der Waals surface area (Å²) in [6.07, 6.45) is 9.88. The molecule has 0 aliphatic heterocycles. The standard InChI is InChI=1S/C33H29F2N7O3S/c1-46(44,45)9-7-18-10-21(12-23(34)11-18)28-31-27(6-8-37-28)39-32(40-31)30-25-14-20(15-26(35)29(25)41-42-30)22-13-24(17-36-16-22)38-33(43)19-4-2-3-5-19/h6,8,10-17,19H,2-5,7,9H2,1H3,(H,38,43)(H,39,40)(H,41,42). The molecule has 1 aliphatic rings. The monoisotopic (exact) mass is 641 g/mol. The first kappa shape index (κ1) is 29.7. The number of sulfone groups is 1. The van der Waals surface area contributed by atoms with Crippen molar-refractivity contribution in [2.45, 2.75) is 32.1 Å². The Morgan fingerprint density at radius 2 is 1.83 bits per heavy atom. The van der Waals surface area contributed by atoms with Crippen molar-refractivity contribution in [3.8, 4) is 33.9 Å². The Bertz CT molecular complexity index is 2240. The number of imidazole rings is 1. The minimum absolute atomic E-state index is 0.00620. The number of nitrogens with one attached hydrogen (secondary N) is 3. The minimum Gasteiger partial charge on any atom is -0.337 e. The van der Waals surface area contributed by atoms with Crippen LogP contribution in [0.3, 0.4) is 0 Å². The zero-order valence-corrected chi connectivity index (χ0v) is 25.6. The number of benzene rings is 2.